The number of nitrogens with zero attached hydrogens (tertiary/aromatic N) is 1. The lowest BCUT2D eigenvalue weighted by atomic mass is 10.1. The normalized spacial score (nSPS) is 19.0. The Balaban J connectivity index is 1.31. The topological polar surface area (TPSA) is 41.6 Å². The fourth-order valence-electron chi connectivity index (χ4n) is 3.12. The number of fused-ring (bicyclic) bond motifs is 1. The van der Waals surface area contributed by atoms with Gasteiger partial charge in [0.15, 0.2) is 0 Å². The minimum absolute atomic E-state index is 0.202. The molecule has 0 unspecified atom stereocenters. The third-order valence-electron chi connectivity index (χ3n) is 4.37. The van der Waals surface area contributed by atoms with Crippen LogP contribution in [0.5, 0.6) is 0 Å². The molecule has 0 atom stereocenters. The number of thiophene rings is 1. The SMILES string of the molecule is O=C(CNCCOC1CCCC1)N1CCc2sccc2C1. The number of hydrogen-bond donors (Lipinski definition) is 1. The molecule has 0 spiro atoms. The molecule has 1 N–H and O–H groups in total. The first kappa shape index (κ1) is 15.0. The largest absolute Gasteiger partial charge is 0.377 e. The van der Waals surface area contributed by atoms with Gasteiger partial charge in [0.2, 0.25) is 5.91 Å². The Kier molecular flexibility index (Phi) is 5.27. The molecule has 1 aliphatic carbocycles. The van der Waals surface area contributed by atoms with E-state index >= 15 is 0 Å². The summed E-state index contributed by atoms with van der Waals surface area (Å²) in [7, 11) is 0. The summed E-state index contributed by atoms with van der Waals surface area (Å²) < 4.78 is 5.78. The molecular formula is C16H24N2O2S. The Hall–Kier alpha value is -0.910. The highest BCUT2D eigenvalue weighted by molar-refractivity contribution is 7.10. The van der Waals surface area contributed by atoms with Crippen LogP contribution in [-0.2, 0) is 22.5 Å². The third-order valence-corrected chi connectivity index (χ3v) is 5.39. The molecule has 1 saturated carbocycles. The Labute approximate surface area is 130 Å². The van der Waals surface area contributed by atoms with Gasteiger partial charge in [-0.15, -0.1) is 11.3 Å². The molecule has 4 nitrogen and oxygen atoms in total. The lowest BCUT2D eigenvalue weighted by molar-refractivity contribution is -0.131. The van der Waals surface area contributed by atoms with Crippen molar-refractivity contribution >= 4 is 17.2 Å². The maximum atomic E-state index is 12.2. The van der Waals surface area contributed by atoms with E-state index in [9.17, 15) is 4.79 Å². The van der Waals surface area contributed by atoms with Crippen LogP contribution < -0.4 is 5.32 Å². The summed E-state index contributed by atoms with van der Waals surface area (Å²) >= 11 is 1.81. The van der Waals surface area contributed by atoms with E-state index in [0.717, 1.165) is 26.1 Å². The van der Waals surface area contributed by atoms with Gasteiger partial charge >= 0.3 is 0 Å². The average Bonchev–Trinajstić information content (AvgIpc) is 3.17. The fraction of sp³-hybridized carbons (Fsp3) is 0.688. The third kappa shape index (κ3) is 4.05. The summed E-state index contributed by atoms with van der Waals surface area (Å²) in [4.78, 5) is 15.6. The van der Waals surface area contributed by atoms with Crippen molar-refractivity contribution in [3.63, 3.8) is 0 Å². The lowest BCUT2D eigenvalue weighted by Gasteiger charge is -2.27. The zero-order valence-electron chi connectivity index (χ0n) is 12.5. The van der Waals surface area contributed by atoms with E-state index < -0.39 is 0 Å². The number of ether oxygens (including phenoxy) is 1. The molecular weight excluding hydrogens is 284 g/mol. The fourth-order valence-corrected chi connectivity index (χ4v) is 4.01. The standard InChI is InChI=1S/C16H24N2O2S/c19-16(11-17-7-9-20-14-3-1-2-4-14)18-8-5-15-13(12-18)6-10-21-15/h6,10,14,17H,1-5,7-9,11-12H2. The summed E-state index contributed by atoms with van der Waals surface area (Å²) in [6, 6.07) is 2.14. The predicted molar refractivity (Wildman–Crippen MR) is 84.5 cm³/mol. The Morgan fingerprint density at radius 3 is 3.14 bits per heavy atom. The van der Waals surface area contributed by atoms with Crippen LogP contribution in [0.4, 0.5) is 0 Å². The van der Waals surface area contributed by atoms with Crippen LogP contribution in [0, 0.1) is 0 Å². The molecule has 1 aliphatic heterocycles. The van der Waals surface area contributed by atoms with Gasteiger partial charge in [-0.3, -0.25) is 4.79 Å². The Morgan fingerprint density at radius 2 is 2.29 bits per heavy atom. The Bertz CT molecular complexity index is 469. The first-order valence-electron chi connectivity index (χ1n) is 7.98. The molecule has 21 heavy (non-hydrogen) atoms. The monoisotopic (exact) mass is 308 g/mol. The van der Waals surface area contributed by atoms with Gasteiger partial charge in [-0.25, -0.2) is 0 Å². The van der Waals surface area contributed by atoms with Gasteiger partial charge in [0.25, 0.3) is 0 Å². The molecule has 3 rings (SSSR count). The highest BCUT2D eigenvalue weighted by Gasteiger charge is 2.21. The molecule has 1 amide bonds. The highest BCUT2D eigenvalue weighted by Crippen LogP contribution is 2.23. The van der Waals surface area contributed by atoms with Crippen LogP contribution in [0.15, 0.2) is 11.4 Å². The molecule has 1 aromatic rings. The number of nitrogens with one attached hydrogen (secondary N) is 1. The summed E-state index contributed by atoms with van der Waals surface area (Å²) in [5, 5.41) is 5.33. The second kappa shape index (κ2) is 7.38. The van der Waals surface area contributed by atoms with Crippen molar-refractivity contribution in [1.82, 2.24) is 10.2 Å². The summed E-state index contributed by atoms with van der Waals surface area (Å²) in [6.07, 6.45) is 6.47. The second-order valence-corrected chi connectivity index (χ2v) is 6.89. The van der Waals surface area contributed by atoms with Crippen LogP contribution in [0.25, 0.3) is 0 Å². The number of rotatable bonds is 6. The van der Waals surface area contributed by atoms with Crippen molar-refractivity contribution in [3.8, 4) is 0 Å². The van der Waals surface area contributed by atoms with E-state index in [-0.39, 0.29) is 5.91 Å². The quantitative estimate of drug-likeness (QED) is 0.819. The van der Waals surface area contributed by atoms with Crippen molar-refractivity contribution in [1.29, 1.82) is 0 Å². The van der Waals surface area contributed by atoms with Gasteiger partial charge in [0.1, 0.15) is 0 Å². The minimum Gasteiger partial charge on any atom is -0.377 e. The smallest absolute Gasteiger partial charge is 0.236 e. The van der Waals surface area contributed by atoms with Gasteiger partial charge in [0.05, 0.1) is 19.3 Å². The maximum Gasteiger partial charge on any atom is 0.236 e. The number of carbonyl (C=O) groups excluding carboxylic acids is 1. The van der Waals surface area contributed by atoms with Gasteiger partial charge < -0.3 is 15.0 Å². The first-order chi connectivity index (χ1) is 10.3. The van der Waals surface area contributed by atoms with Crippen LogP contribution in [0.2, 0.25) is 0 Å². The minimum atomic E-state index is 0.202. The number of carbonyl (C=O) groups is 1. The number of amides is 1. The lowest BCUT2D eigenvalue weighted by Crippen LogP contribution is -2.41. The van der Waals surface area contributed by atoms with Crippen LogP contribution in [-0.4, -0.2) is 43.2 Å². The highest BCUT2D eigenvalue weighted by atomic mass is 32.1. The second-order valence-electron chi connectivity index (χ2n) is 5.89. The van der Waals surface area contributed by atoms with E-state index in [0.29, 0.717) is 19.3 Å². The average molecular weight is 308 g/mol. The van der Waals surface area contributed by atoms with E-state index in [1.165, 1.54) is 36.1 Å². The van der Waals surface area contributed by atoms with Gasteiger partial charge in [-0.1, -0.05) is 12.8 Å². The molecule has 116 valence electrons. The maximum absolute atomic E-state index is 12.2. The summed E-state index contributed by atoms with van der Waals surface area (Å²) in [5.74, 6) is 0.202. The summed E-state index contributed by atoms with van der Waals surface area (Å²) in [5.41, 5.74) is 1.32. The first-order valence-corrected chi connectivity index (χ1v) is 8.86. The van der Waals surface area contributed by atoms with Crippen molar-refractivity contribution in [2.45, 2.75) is 44.8 Å². The zero-order chi connectivity index (χ0) is 14.5. The van der Waals surface area contributed by atoms with Crippen LogP contribution in [0.3, 0.4) is 0 Å². The molecule has 0 bridgehead atoms. The molecule has 0 radical (unpaired) electrons. The molecule has 1 aromatic heterocycles. The molecule has 2 heterocycles. The molecule has 1 fully saturated rings. The van der Waals surface area contributed by atoms with Crippen molar-refractivity contribution in [2.24, 2.45) is 0 Å². The van der Waals surface area contributed by atoms with Crippen LogP contribution >= 0.6 is 11.3 Å². The van der Waals surface area contributed by atoms with Crippen molar-refractivity contribution in [2.75, 3.05) is 26.2 Å². The van der Waals surface area contributed by atoms with Gasteiger partial charge in [0, 0.05) is 24.5 Å². The zero-order valence-corrected chi connectivity index (χ0v) is 13.3. The molecule has 5 heteroatoms. The molecule has 0 aromatic carbocycles. The van der Waals surface area contributed by atoms with E-state index in [2.05, 4.69) is 16.8 Å². The van der Waals surface area contributed by atoms with Gasteiger partial charge in [-0.2, -0.15) is 0 Å². The van der Waals surface area contributed by atoms with E-state index in [4.69, 9.17) is 4.74 Å². The molecule has 0 saturated heterocycles. The van der Waals surface area contributed by atoms with Gasteiger partial charge in [-0.05, 0) is 36.3 Å². The summed E-state index contributed by atoms with van der Waals surface area (Å²) in [6.45, 7) is 3.53. The van der Waals surface area contributed by atoms with E-state index in [1.54, 1.807) is 11.3 Å². The van der Waals surface area contributed by atoms with Crippen molar-refractivity contribution in [3.05, 3.63) is 21.9 Å². The Morgan fingerprint density at radius 1 is 1.43 bits per heavy atom. The van der Waals surface area contributed by atoms with Crippen molar-refractivity contribution < 1.29 is 9.53 Å². The number of hydrogen-bond acceptors (Lipinski definition) is 4. The predicted octanol–water partition coefficient (Wildman–Crippen LogP) is 2.18. The molecule has 2 aliphatic rings. The van der Waals surface area contributed by atoms with E-state index in [1.807, 2.05) is 4.90 Å². The van der Waals surface area contributed by atoms with Crippen LogP contribution in [0.1, 0.15) is 36.1 Å².